The van der Waals surface area contributed by atoms with Gasteiger partial charge in [0.2, 0.25) is 10.0 Å². The number of benzene rings is 2. The van der Waals surface area contributed by atoms with Crippen molar-refractivity contribution in [2.45, 2.75) is 11.3 Å². The van der Waals surface area contributed by atoms with Crippen molar-refractivity contribution in [2.75, 3.05) is 39.4 Å². The van der Waals surface area contributed by atoms with Crippen LogP contribution in [0.4, 0.5) is 4.39 Å². The molecule has 1 saturated heterocycles. The first-order valence-electron chi connectivity index (χ1n) is 11.0. The van der Waals surface area contributed by atoms with Gasteiger partial charge < -0.3 is 18.8 Å². The van der Waals surface area contributed by atoms with E-state index in [1.807, 2.05) is 0 Å². The van der Waals surface area contributed by atoms with E-state index in [9.17, 15) is 17.6 Å². The third kappa shape index (κ3) is 4.38. The molecule has 1 amide bonds. The smallest absolute Gasteiger partial charge is 0.289 e. The molecule has 2 aliphatic heterocycles. The standard InChI is InChI=1S/C24H23FN2O6S/c25-18-4-2-17(3-5-18)20-8-9-22(33-20)24(28)26-10-12-27(13-11-26)34(29,30)19-6-7-21-23(16-19)32-15-1-14-31-21/h2-9,16H,1,10-15H2. The second-order valence-corrected chi connectivity index (χ2v) is 9.96. The first-order chi connectivity index (χ1) is 16.4. The molecule has 2 aliphatic rings. The molecule has 0 saturated carbocycles. The Morgan fingerprint density at radius 1 is 0.853 bits per heavy atom. The number of amides is 1. The molecule has 0 unspecified atom stereocenters. The van der Waals surface area contributed by atoms with Gasteiger partial charge in [0.15, 0.2) is 17.3 Å². The number of fused-ring (bicyclic) bond motifs is 1. The summed E-state index contributed by atoms with van der Waals surface area (Å²) in [6.45, 7) is 1.77. The zero-order chi connectivity index (χ0) is 23.7. The van der Waals surface area contributed by atoms with E-state index in [0.29, 0.717) is 36.0 Å². The van der Waals surface area contributed by atoms with Crippen molar-refractivity contribution >= 4 is 15.9 Å². The van der Waals surface area contributed by atoms with Gasteiger partial charge in [0.1, 0.15) is 11.6 Å². The number of carbonyl (C=O) groups is 1. The number of nitrogens with zero attached hydrogens (tertiary/aromatic N) is 2. The molecule has 0 bridgehead atoms. The van der Waals surface area contributed by atoms with Crippen LogP contribution in [0.25, 0.3) is 11.3 Å². The summed E-state index contributed by atoms with van der Waals surface area (Å²) in [6, 6.07) is 13.6. The maximum Gasteiger partial charge on any atom is 0.289 e. The lowest BCUT2D eigenvalue weighted by molar-refractivity contribution is 0.0667. The van der Waals surface area contributed by atoms with Crippen LogP contribution in [-0.4, -0.2) is 62.9 Å². The molecule has 5 rings (SSSR count). The highest BCUT2D eigenvalue weighted by Gasteiger charge is 2.32. The van der Waals surface area contributed by atoms with Gasteiger partial charge in [-0.3, -0.25) is 4.79 Å². The fourth-order valence-corrected chi connectivity index (χ4v) is 5.40. The summed E-state index contributed by atoms with van der Waals surface area (Å²) in [5, 5.41) is 0. The summed E-state index contributed by atoms with van der Waals surface area (Å²) in [4.78, 5) is 14.6. The van der Waals surface area contributed by atoms with Gasteiger partial charge in [-0.1, -0.05) is 0 Å². The van der Waals surface area contributed by atoms with Crippen LogP contribution in [0, 0.1) is 5.82 Å². The predicted molar refractivity (Wildman–Crippen MR) is 121 cm³/mol. The molecule has 2 aromatic carbocycles. The van der Waals surface area contributed by atoms with Gasteiger partial charge in [0, 0.05) is 44.2 Å². The lowest BCUT2D eigenvalue weighted by atomic mass is 10.2. The number of hydrogen-bond donors (Lipinski definition) is 0. The minimum atomic E-state index is -3.75. The molecule has 0 aliphatic carbocycles. The largest absolute Gasteiger partial charge is 0.490 e. The quantitative estimate of drug-likeness (QED) is 0.562. The lowest BCUT2D eigenvalue weighted by Crippen LogP contribution is -2.50. The van der Waals surface area contributed by atoms with Crippen molar-refractivity contribution in [2.24, 2.45) is 0 Å². The number of hydrogen-bond acceptors (Lipinski definition) is 6. The predicted octanol–water partition coefficient (Wildman–Crippen LogP) is 3.39. The molecule has 0 radical (unpaired) electrons. The molecule has 10 heteroatoms. The van der Waals surface area contributed by atoms with E-state index in [-0.39, 0.29) is 48.6 Å². The fourth-order valence-electron chi connectivity index (χ4n) is 3.96. The molecule has 1 fully saturated rings. The van der Waals surface area contributed by atoms with Gasteiger partial charge in [0.25, 0.3) is 5.91 Å². The van der Waals surface area contributed by atoms with Crippen molar-refractivity contribution in [1.82, 2.24) is 9.21 Å². The number of furan rings is 1. The second-order valence-electron chi connectivity index (χ2n) is 8.03. The minimum absolute atomic E-state index is 0.131. The number of carbonyl (C=O) groups excluding carboxylic acids is 1. The highest BCUT2D eigenvalue weighted by atomic mass is 32.2. The Kier molecular flexibility index (Phi) is 6.01. The molecule has 0 atom stereocenters. The molecule has 3 aromatic rings. The van der Waals surface area contributed by atoms with E-state index < -0.39 is 10.0 Å². The molecule has 0 N–H and O–H groups in total. The van der Waals surface area contributed by atoms with Gasteiger partial charge >= 0.3 is 0 Å². The van der Waals surface area contributed by atoms with Gasteiger partial charge in [-0.15, -0.1) is 0 Å². The first-order valence-corrected chi connectivity index (χ1v) is 12.4. The maximum absolute atomic E-state index is 13.2. The monoisotopic (exact) mass is 486 g/mol. The van der Waals surface area contributed by atoms with Crippen molar-refractivity contribution < 1.29 is 31.5 Å². The average molecular weight is 487 g/mol. The summed E-state index contributed by atoms with van der Waals surface area (Å²) < 4.78 is 57.7. The summed E-state index contributed by atoms with van der Waals surface area (Å²) in [5.74, 6) is 0.886. The number of halogens is 1. The Bertz CT molecular complexity index is 1300. The van der Waals surface area contributed by atoms with Gasteiger partial charge in [0.05, 0.1) is 18.1 Å². The van der Waals surface area contributed by atoms with Crippen LogP contribution < -0.4 is 9.47 Å². The maximum atomic E-state index is 13.2. The van der Waals surface area contributed by atoms with E-state index in [0.717, 1.165) is 6.42 Å². The zero-order valence-corrected chi connectivity index (χ0v) is 19.1. The molecular weight excluding hydrogens is 463 g/mol. The molecule has 1 aromatic heterocycles. The van der Waals surface area contributed by atoms with E-state index >= 15 is 0 Å². The molecule has 178 valence electrons. The highest BCUT2D eigenvalue weighted by molar-refractivity contribution is 7.89. The molecular formula is C24H23FN2O6S. The van der Waals surface area contributed by atoms with Crippen LogP contribution >= 0.6 is 0 Å². The van der Waals surface area contributed by atoms with Crippen molar-refractivity contribution in [1.29, 1.82) is 0 Å². The summed E-state index contributed by atoms with van der Waals surface area (Å²) in [6.07, 6.45) is 0.730. The molecule has 34 heavy (non-hydrogen) atoms. The Labute approximate surface area is 196 Å². The van der Waals surface area contributed by atoms with Gasteiger partial charge in [-0.05, 0) is 48.5 Å². The lowest BCUT2D eigenvalue weighted by Gasteiger charge is -2.33. The SMILES string of the molecule is O=C(c1ccc(-c2ccc(F)cc2)o1)N1CCN(S(=O)(=O)c2ccc3c(c2)OCCCO3)CC1. The molecule has 8 nitrogen and oxygen atoms in total. The number of rotatable bonds is 4. The Morgan fingerprint density at radius 3 is 2.29 bits per heavy atom. The van der Waals surface area contributed by atoms with Crippen molar-refractivity contribution in [3.05, 3.63) is 66.2 Å². The number of piperazine rings is 1. The van der Waals surface area contributed by atoms with Crippen LogP contribution in [0.5, 0.6) is 11.5 Å². The number of ether oxygens (including phenoxy) is 2. The Hall–Kier alpha value is -3.37. The second kappa shape index (κ2) is 9.11. The topological polar surface area (TPSA) is 89.3 Å². The Morgan fingerprint density at radius 2 is 1.56 bits per heavy atom. The number of sulfonamides is 1. The Balaban J connectivity index is 1.25. The fraction of sp³-hybridized carbons (Fsp3) is 0.292. The molecule has 0 spiro atoms. The van der Waals surface area contributed by atoms with E-state index in [1.54, 1.807) is 35.2 Å². The van der Waals surface area contributed by atoms with E-state index in [2.05, 4.69) is 0 Å². The van der Waals surface area contributed by atoms with Crippen molar-refractivity contribution in [3.8, 4) is 22.8 Å². The van der Waals surface area contributed by atoms with Crippen LogP contribution in [0.3, 0.4) is 0 Å². The van der Waals surface area contributed by atoms with Crippen molar-refractivity contribution in [3.63, 3.8) is 0 Å². The van der Waals surface area contributed by atoms with Crippen LogP contribution in [0.1, 0.15) is 17.0 Å². The summed E-state index contributed by atoms with van der Waals surface area (Å²) in [5.41, 5.74) is 0.659. The van der Waals surface area contributed by atoms with Crippen LogP contribution in [0.15, 0.2) is 63.9 Å². The zero-order valence-electron chi connectivity index (χ0n) is 18.3. The normalized spacial score (nSPS) is 16.8. The summed E-state index contributed by atoms with van der Waals surface area (Å²) >= 11 is 0. The van der Waals surface area contributed by atoms with E-state index in [1.165, 1.54) is 28.6 Å². The third-order valence-electron chi connectivity index (χ3n) is 5.83. The van der Waals surface area contributed by atoms with Crippen LogP contribution in [0.2, 0.25) is 0 Å². The highest BCUT2D eigenvalue weighted by Crippen LogP contribution is 2.33. The minimum Gasteiger partial charge on any atom is -0.490 e. The van der Waals surface area contributed by atoms with Gasteiger partial charge in [-0.25, -0.2) is 12.8 Å². The summed E-state index contributed by atoms with van der Waals surface area (Å²) in [7, 11) is -3.75. The first kappa shape index (κ1) is 22.4. The van der Waals surface area contributed by atoms with Gasteiger partial charge in [-0.2, -0.15) is 4.31 Å². The van der Waals surface area contributed by atoms with E-state index in [4.69, 9.17) is 13.9 Å². The van der Waals surface area contributed by atoms with Crippen LogP contribution in [-0.2, 0) is 10.0 Å². The molecule has 3 heterocycles. The third-order valence-corrected chi connectivity index (χ3v) is 7.72. The average Bonchev–Trinajstić information content (AvgIpc) is 3.22.